The molecule has 0 fully saturated rings. The maximum atomic E-state index is 12.4. The number of hydrogen-bond donors (Lipinski definition) is 0. The van der Waals surface area contributed by atoms with Crippen LogP contribution in [0.4, 0.5) is 0 Å². The van der Waals surface area contributed by atoms with Gasteiger partial charge in [-0.25, -0.2) is 0 Å². The average molecular weight is 345 g/mol. The average Bonchev–Trinajstić information content (AvgIpc) is 2.92. The first-order valence-corrected chi connectivity index (χ1v) is 7.99. The summed E-state index contributed by atoms with van der Waals surface area (Å²) in [4.78, 5) is 25.9. The summed E-state index contributed by atoms with van der Waals surface area (Å²) in [5.74, 6) is 0.922. The van der Waals surface area contributed by atoms with Crippen molar-refractivity contribution in [2.24, 2.45) is 0 Å². The van der Waals surface area contributed by atoms with E-state index in [2.05, 4.69) is 0 Å². The molecular formula is C19H23NO5. The number of amides is 2. The highest BCUT2D eigenvalue weighted by atomic mass is 16.5. The maximum Gasteiger partial charge on any atom is 0.256 e. The summed E-state index contributed by atoms with van der Waals surface area (Å²) in [6.45, 7) is 4.14. The first-order valence-electron chi connectivity index (χ1n) is 7.99. The number of carbonyl (C=O) groups excluding carboxylic acids is 2. The fraction of sp³-hybridized carbons (Fsp3) is 0.368. The zero-order valence-electron chi connectivity index (χ0n) is 15.2. The van der Waals surface area contributed by atoms with Crippen LogP contribution in [0.3, 0.4) is 0 Å². The molecular weight excluding hydrogens is 322 g/mol. The molecule has 0 unspecified atom stereocenters. The van der Waals surface area contributed by atoms with Gasteiger partial charge in [-0.3, -0.25) is 14.5 Å². The molecule has 6 heteroatoms. The summed E-state index contributed by atoms with van der Waals surface area (Å²) < 4.78 is 15.9. The van der Waals surface area contributed by atoms with Crippen molar-refractivity contribution < 1.29 is 23.8 Å². The Morgan fingerprint density at radius 3 is 2.20 bits per heavy atom. The van der Waals surface area contributed by atoms with Crippen LogP contribution < -0.4 is 14.2 Å². The zero-order valence-corrected chi connectivity index (χ0v) is 15.2. The van der Waals surface area contributed by atoms with E-state index in [0.29, 0.717) is 35.8 Å². The second-order valence-corrected chi connectivity index (χ2v) is 5.63. The minimum Gasteiger partial charge on any atom is -0.493 e. The van der Waals surface area contributed by atoms with E-state index in [9.17, 15) is 9.59 Å². The molecule has 1 aliphatic heterocycles. The van der Waals surface area contributed by atoms with Crippen molar-refractivity contribution in [1.29, 1.82) is 0 Å². The van der Waals surface area contributed by atoms with Crippen molar-refractivity contribution in [2.45, 2.75) is 20.3 Å². The van der Waals surface area contributed by atoms with Gasteiger partial charge in [-0.1, -0.05) is 6.92 Å². The van der Waals surface area contributed by atoms with Crippen LogP contribution in [0.25, 0.3) is 6.08 Å². The number of hydrogen-bond acceptors (Lipinski definition) is 5. The van der Waals surface area contributed by atoms with Crippen molar-refractivity contribution in [2.75, 3.05) is 27.9 Å². The molecule has 0 saturated carbocycles. The van der Waals surface area contributed by atoms with Crippen molar-refractivity contribution in [3.63, 3.8) is 0 Å². The Labute approximate surface area is 147 Å². The highest BCUT2D eigenvalue weighted by Gasteiger charge is 2.30. The first-order chi connectivity index (χ1) is 12.0. The standard InChI is InChI=1S/C19H23NO5/c1-6-14-12(2)11-20(19(14)22)17(21)8-7-13-9-15(23-3)18(25-5)16(10-13)24-4/h7-10H,6,11H2,1-5H3. The molecule has 2 amide bonds. The van der Waals surface area contributed by atoms with Gasteiger partial charge in [0, 0.05) is 11.6 Å². The van der Waals surface area contributed by atoms with E-state index >= 15 is 0 Å². The predicted octanol–water partition coefficient (Wildman–Crippen LogP) is 2.82. The van der Waals surface area contributed by atoms with Crippen molar-refractivity contribution in [3.8, 4) is 17.2 Å². The topological polar surface area (TPSA) is 65.1 Å². The lowest BCUT2D eigenvalue weighted by atomic mass is 10.1. The van der Waals surface area contributed by atoms with Gasteiger partial charge in [0.1, 0.15) is 0 Å². The summed E-state index contributed by atoms with van der Waals surface area (Å²) in [6, 6.07) is 3.47. The number of benzene rings is 1. The maximum absolute atomic E-state index is 12.4. The van der Waals surface area contributed by atoms with Gasteiger partial charge in [0.2, 0.25) is 5.75 Å². The largest absolute Gasteiger partial charge is 0.493 e. The van der Waals surface area contributed by atoms with Gasteiger partial charge in [0.05, 0.1) is 27.9 Å². The van der Waals surface area contributed by atoms with E-state index in [1.54, 1.807) is 18.2 Å². The SMILES string of the molecule is CCC1=C(C)CN(C(=O)C=Cc2cc(OC)c(OC)c(OC)c2)C1=O. The second-order valence-electron chi connectivity index (χ2n) is 5.63. The molecule has 0 aromatic heterocycles. The Bertz CT molecular complexity index is 723. The smallest absolute Gasteiger partial charge is 0.256 e. The van der Waals surface area contributed by atoms with E-state index in [1.807, 2.05) is 13.8 Å². The summed E-state index contributed by atoms with van der Waals surface area (Å²) in [5, 5.41) is 0. The number of ether oxygens (including phenoxy) is 3. The second kappa shape index (κ2) is 7.88. The van der Waals surface area contributed by atoms with Crippen LogP contribution in [0.2, 0.25) is 0 Å². The van der Waals surface area contributed by atoms with Crippen molar-refractivity contribution in [1.82, 2.24) is 4.90 Å². The minimum absolute atomic E-state index is 0.209. The molecule has 0 bridgehead atoms. The molecule has 0 aliphatic carbocycles. The lowest BCUT2D eigenvalue weighted by Gasteiger charge is -2.13. The molecule has 2 rings (SSSR count). The normalized spacial score (nSPS) is 14.4. The van der Waals surface area contributed by atoms with E-state index in [-0.39, 0.29) is 11.8 Å². The van der Waals surface area contributed by atoms with Crippen LogP contribution in [0.5, 0.6) is 17.2 Å². The molecule has 0 radical (unpaired) electrons. The van der Waals surface area contributed by atoms with Crippen molar-refractivity contribution in [3.05, 3.63) is 34.9 Å². The van der Waals surface area contributed by atoms with Crippen LogP contribution in [0.15, 0.2) is 29.4 Å². The predicted molar refractivity (Wildman–Crippen MR) is 94.8 cm³/mol. The number of rotatable bonds is 6. The summed E-state index contributed by atoms with van der Waals surface area (Å²) >= 11 is 0. The molecule has 0 atom stereocenters. The van der Waals surface area contributed by atoms with Gasteiger partial charge in [-0.15, -0.1) is 0 Å². The summed E-state index contributed by atoms with van der Waals surface area (Å²) in [7, 11) is 4.58. The van der Waals surface area contributed by atoms with Crippen LogP contribution in [0.1, 0.15) is 25.8 Å². The molecule has 134 valence electrons. The van der Waals surface area contributed by atoms with Crippen LogP contribution >= 0.6 is 0 Å². The lowest BCUT2D eigenvalue weighted by Crippen LogP contribution is -2.32. The molecule has 0 saturated heterocycles. The Morgan fingerprint density at radius 1 is 1.16 bits per heavy atom. The van der Waals surface area contributed by atoms with Gasteiger partial charge in [-0.2, -0.15) is 0 Å². The van der Waals surface area contributed by atoms with Gasteiger partial charge < -0.3 is 14.2 Å². The number of carbonyl (C=O) groups is 2. The summed E-state index contributed by atoms with van der Waals surface area (Å²) in [6.07, 6.45) is 3.63. The molecule has 0 N–H and O–H groups in total. The first kappa shape index (κ1) is 18.6. The molecule has 1 aromatic rings. The third kappa shape index (κ3) is 3.68. The van der Waals surface area contributed by atoms with E-state index in [1.165, 1.54) is 32.3 Å². The number of methoxy groups -OCH3 is 3. The fourth-order valence-electron chi connectivity index (χ4n) is 2.84. The molecule has 1 aliphatic rings. The molecule has 25 heavy (non-hydrogen) atoms. The summed E-state index contributed by atoms with van der Waals surface area (Å²) in [5.41, 5.74) is 2.37. The van der Waals surface area contributed by atoms with Gasteiger partial charge in [-0.05, 0) is 42.7 Å². The Hall–Kier alpha value is -2.76. The monoisotopic (exact) mass is 345 g/mol. The number of nitrogens with zero attached hydrogens (tertiary/aromatic N) is 1. The van der Waals surface area contributed by atoms with E-state index < -0.39 is 0 Å². The van der Waals surface area contributed by atoms with Crippen LogP contribution in [0, 0.1) is 0 Å². The van der Waals surface area contributed by atoms with E-state index in [4.69, 9.17) is 14.2 Å². The van der Waals surface area contributed by atoms with Gasteiger partial charge >= 0.3 is 0 Å². The van der Waals surface area contributed by atoms with Crippen LogP contribution in [-0.4, -0.2) is 44.6 Å². The quantitative estimate of drug-likeness (QED) is 0.742. The molecule has 0 spiro atoms. The Balaban J connectivity index is 2.22. The van der Waals surface area contributed by atoms with E-state index in [0.717, 1.165) is 11.1 Å². The Morgan fingerprint density at radius 2 is 1.76 bits per heavy atom. The Kier molecular flexibility index (Phi) is 5.85. The van der Waals surface area contributed by atoms with Crippen LogP contribution in [-0.2, 0) is 9.59 Å². The third-order valence-corrected chi connectivity index (χ3v) is 4.14. The molecule has 1 heterocycles. The highest BCUT2D eigenvalue weighted by Crippen LogP contribution is 2.38. The fourth-order valence-corrected chi connectivity index (χ4v) is 2.84. The minimum atomic E-state index is -0.346. The lowest BCUT2D eigenvalue weighted by molar-refractivity contribution is -0.137. The van der Waals surface area contributed by atoms with Gasteiger partial charge in [0.25, 0.3) is 11.8 Å². The van der Waals surface area contributed by atoms with Gasteiger partial charge in [0.15, 0.2) is 11.5 Å². The van der Waals surface area contributed by atoms with Crippen molar-refractivity contribution >= 4 is 17.9 Å². The highest BCUT2D eigenvalue weighted by molar-refractivity contribution is 6.11. The molecule has 6 nitrogen and oxygen atoms in total. The number of imide groups is 1. The molecule has 1 aromatic carbocycles. The third-order valence-electron chi connectivity index (χ3n) is 4.14. The zero-order chi connectivity index (χ0) is 18.6.